The highest BCUT2D eigenvalue weighted by atomic mass is 16.5. The zero-order valence-corrected chi connectivity index (χ0v) is 13.3. The van der Waals surface area contributed by atoms with Gasteiger partial charge >= 0.3 is 5.97 Å². The number of amides is 1. The van der Waals surface area contributed by atoms with E-state index in [4.69, 9.17) is 0 Å². The molecule has 1 amide bonds. The van der Waals surface area contributed by atoms with Gasteiger partial charge in [-0.1, -0.05) is 30.3 Å². The molecule has 0 aliphatic carbocycles. The largest absolute Gasteiger partial charge is 0.465 e. The van der Waals surface area contributed by atoms with E-state index in [1.54, 1.807) is 0 Å². The van der Waals surface area contributed by atoms with Crippen molar-refractivity contribution in [1.29, 1.82) is 0 Å². The maximum atomic E-state index is 12.1. The van der Waals surface area contributed by atoms with E-state index in [0.29, 0.717) is 5.56 Å². The molecule has 0 fully saturated rings. The lowest BCUT2D eigenvalue weighted by molar-refractivity contribution is 0.0599. The molecular formula is C18H20N2O3. The molecule has 5 nitrogen and oxygen atoms in total. The van der Waals surface area contributed by atoms with Crippen LogP contribution in [-0.2, 0) is 11.2 Å². The lowest BCUT2D eigenvalue weighted by Crippen LogP contribution is -2.33. The summed E-state index contributed by atoms with van der Waals surface area (Å²) in [7, 11) is 1.30. The number of nitrogens with zero attached hydrogens (tertiary/aromatic N) is 1. The highest BCUT2D eigenvalue weighted by Gasteiger charge is 2.12. The summed E-state index contributed by atoms with van der Waals surface area (Å²) < 4.78 is 4.60. The number of nitrogens with one attached hydrogen (secondary N) is 1. The summed E-state index contributed by atoms with van der Waals surface area (Å²) >= 11 is 0. The molecule has 1 atom stereocenters. The number of methoxy groups -OCH3 is 1. The molecule has 23 heavy (non-hydrogen) atoms. The van der Waals surface area contributed by atoms with Crippen molar-refractivity contribution in [3.05, 3.63) is 65.5 Å². The van der Waals surface area contributed by atoms with Crippen LogP contribution in [0, 0.1) is 0 Å². The minimum Gasteiger partial charge on any atom is -0.465 e. The van der Waals surface area contributed by atoms with E-state index in [1.165, 1.54) is 31.0 Å². The molecule has 0 bridgehead atoms. The Morgan fingerprint density at radius 3 is 2.52 bits per heavy atom. The van der Waals surface area contributed by atoms with Crippen LogP contribution in [0.15, 0.2) is 48.7 Å². The second-order valence-electron chi connectivity index (χ2n) is 5.32. The number of aromatic nitrogens is 1. The zero-order chi connectivity index (χ0) is 16.7. The van der Waals surface area contributed by atoms with E-state index in [-0.39, 0.29) is 17.6 Å². The summed E-state index contributed by atoms with van der Waals surface area (Å²) in [5.41, 5.74) is 1.85. The molecule has 1 heterocycles. The Morgan fingerprint density at radius 2 is 1.91 bits per heavy atom. The Hall–Kier alpha value is -2.69. The van der Waals surface area contributed by atoms with Gasteiger partial charge in [0.2, 0.25) is 0 Å². The van der Waals surface area contributed by atoms with Gasteiger partial charge in [-0.05, 0) is 37.5 Å². The molecule has 0 saturated heterocycles. The van der Waals surface area contributed by atoms with Crippen molar-refractivity contribution in [3.63, 3.8) is 0 Å². The van der Waals surface area contributed by atoms with Crippen LogP contribution in [0.5, 0.6) is 0 Å². The minimum absolute atomic E-state index is 0.0322. The van der Waals surface area contributed by atoms with Crippen molar-refractivity contribution < 1.29 is 14.3 Å². The van der Waals surface area contributed by atoms with Gasteiger partial charge in [0.15, 0.2) is 0 Å². The third-order valence-electron chi connectivity index (χ3n) is 3.50. The molecule has 0 aliphatic rings. The van der Waals surface area contributed by atoms with Crippen LogP contribution in [-0.4, -0.2) is 30.0 Å². The molecule has 2 rings (SSSR count). The second-order valence-corrected chi connectivity index (χ2v) is 5.32. The Bertz CT molecular complexity index is 654. The Kier molecular flexibility index (Phi) is 5.86. The molecule has 0 spiro atoms. The highest BCUT2D eigenvalue weighted by molar-refractivity contribution is 5.94. The quantitative estimate of drug-likeness (QED) is 0.833. The lowest BCUT2D eigenvalue weighted by atomic mass is 10.1. The van der Waals surface area contributed by atoms with E-state index in [0.717, 1.165) is 12.8 Å². The molecule has 0 radical (unpaired) electrons. The predicted molar refractivity (Wildman–Crippen MR) is 87.3 cm³/mol. The maximum absolute atomic E-state index is 12.1. The first kappa shape index (κ1) is 16.7. The normalized spacial score (nSPS) is 11.6. The number of rotatable bonds is 6. The molecule has 0 aliphatic heterocycles. The number of carbonyl (C=O) groups excluding carboxylic acids is 2. The standard InChI is InChI=1S/C18H20N2O3/c1-13(8-9-14-6-4-3-5-7-14)20-17(21)16-11-10-15(12-19-16)18(22)23-2/h3-7,10-13H,8-9H2,1-2H3,(H,20,21). The first-order chi connectivity index (χ1) is 11.1. The molecule has 2 aromatic rings. The van der Waals surface area contributed by atoms with Gasteiger partial charge in [0.1, 0.15) is 5.69 Å². The fourth-order valence-electron chi connectivity index (χ4n) is 2.16. The number of benzene rings is 1. The monoisotopic (exact) mass is 312 g/mol. The predicted octanol–water partition coefficient (Wildman–Crippen LogP) is 2.62. The number of hydrogen-bond acceptors (Lipinski definition) is 4. The van der Waals surface area contributed by atoms with Crippen LogP contribution in [0.25, 0.3) is 0 Å². The van der Waals surface area contributed by atoms with Crippen molar-refractivity contribution in [2.75, 3.05) is 7.11 Å². The topological polar surface area (TPSA) is 68.3 Å². The lowest BCUT2D eigenvalue weighted by Gasteiger charge is -2.13. The number of ether oxygens (including phenoxy) is 1. The van der Waals surface area contributed by atoms with Crippen LogP contribution in [0.2, 0.25) is 0 Å². The van der Waals surface area contributed by atoms with Crippen molar-refractivity contribution >= 4 is 11.9 Å². The summed E-state index contributed by atoms with van der Waals surface area (Å²) in [5, 5.41) is 2.91. The van der Waals surface area contributed by atoms with Gasteiger partial charge in [0.25, 0.3) is 5.91 Å². The third kappa shape index (κ3) is 4.92. The first-order valence-corrected chi connectivity index (χ1v) is 7.49. The van der Waals surface area contributed by atoms with Gasteiger partial charge in [-0.2, -0.15) is 0 Å². The van der Waals surface area contributed by atoms with E-state index in [2.05, 4.69) is 27.2 Å². The fourth-order valence-corrected chi connectivity index (χ4v) is 2.16. The number of pyridine rings is 1. The van der Waals surface area contributed by atoms with Crippen LogP contribution >= 0.6 is 0 Å². The summed E-state index contributed by atoms with van der Waals surface area (Å²) in [5.74, 6) is -0.720. The Balaban J connectivity index is 1.87. The van der Waals surface area contributed by atoms with Gasteiger partial charge in [-0.3, -0.25) is 9.78 Å². The second kappa shape index (κ2) is 8.08. The molecule has 5 heteroatoms. The Labute approximate surface area is 135 Å². The molecule has 1 unspecified atom stereocenters. The molecule has 1 aromatic carbocycles. The smallest absolute Gasteiger partial charge is 0.339 e. The third-order valence-corrected chi connectivity index (χ3v) is 3.50. The number of esters is 1. The minimum atomic E-state index is -0.472. The zero-order valence-electron chi connectivity index (χ0n) is 13.3. The number of hydrogen-bond donors (Lipinski definition) is 1. The van der Waals surface area contributed by atoms with Gasteiger partial charge in [0.05, 0.1) is 12.7 Å². The van der Waals surface area contributed by atoms with E-state index in [9.17, 15) is 9.59 Å². The average Bonchev–Trinajstić information content (AvgIpc) is 2.60. The maximum Gasteiger partial charge on any atom is 0.339 e. The number of aryl methyl sites for hydroxylation is 1. The van der Waals surface area contributed by atoms with Crippen LogP contribution in [0.4, 0.5) is 0 Å². The molecule has 0 saturated carbocycles. The average molecular weight is 312 g/mol. The van der Waals surface area contributed by atoms with E-state index in [1.807, 2.05) is 25.1 Å². The highest BCUT2D eigenvalue weighted by Crippen LogP contribution is 2.06. The first-order valence-electron chi connectivity index (χ1n) is 7.49. The molecule has 1 aromatic heterocycles. The fraction of sp³-hybridized carbons (Fsp3) is 0.278. The van der Waals surface area contributed by atoms with E-state index < -0.39 is 5.97 Å². The van der Waals surface area contributed by atoms with Gasteiger partial charge in [0, 0.05) is 12.2 Å². The molecular weight excluding hydrogens is 292 g/mol. The van der Waals surface area contributed by atoms with Crippen molar-refractivity contribution in [2.24, 2.45) is 0 Å². The summed E-state index contributed by atoms with van der Waals surface area (Å²) in [6.45, 7) is 1.96. The summed E-state index contributed by atoms with van der Waals surface area (Å²) in [6.07, 6.45) is 3.09. The molecule has 1 N–H and O–H groups in total. The van der Waals surface area contributed by atoms with Crippen molar-refractivity contribution in [2.45, 2.75) is 25.8 Å². The van der Waals surface area contributed by atoms with Gasteiger partial charge < -0.3 is 10.1 Å². The van der Waals surface area contributed by atoms with Crippen molar-refractivity contribution in [1.82, 2.24) is 10.3 Å². The SMILES string of the molecule is COC(=O)c1ccc(C(=O)NC(C)CCc2ccccc2)nc1. The molecule has 120 valence electrons. The van der Waals surface area contributed by atoms with Gasteiger partial charge in [-0.25, -0.2) is 4.79 Å². The van der Waals surface area contributed by atoms with Gasteiger partial charge in [-0.15, -0.1) is 0 Å². The van der Waals surface area contributed by atoms with Crippen LogP contribution < -0.4 is 5.32 Å². The summed E-state index contributed by atoms with van der Waals surface area (Å²) in [6, 6.07) is 13.2. The van der Waals surface area contributed by atoms with E-state index >= 15 is 0 Å². The summed E-state index contributed by atoms with van der Waals surface area (Å²) in [4.78, 5) is 27.5. The van der Waals surface area contributed by atoms with Crippen molar-refractivity contribution in [3.8, 4) is 0 Å². The van der Waals surface area contributed by atoms with Crippen LogP contribution in [0.3, 0.4) is 0 Å². The Morgan fingerprint density at radius 1 is 1.17 bits per heavy atom. The van der Waals surface area contributed by atoms with Crippen LogP contribution in [0.1, 0.15) is 39.8 Å². The number of carbonyl (C=O) groups is 2.